The Morgan fingerprint density at radius 2 is 1.97 bits per heavy atom. The van der Waals surface area contributed by atoms with Crippen LogP contribution in [-0.4, -0.2) is 32.6 Å². The maximum Gasteiger partial charge on any atom is 0.287 e. The van der Waals surface area contributed by atoms with Crippen LogP contribution >= 0.6 is 0 Å². The van der Waals surface area contributed by atoms with Crippen molar-refractivity contribution in [3.05, 3.63) is 65.0 Å². The number of halogens is 2. The first-order valence-electron chi connectivity index (χ1n) is 12.4. The van der Waals surface area contributed by atoms with E-state index in [1.165, 1.54) is 42.3 Å². The highest BCUT2D eigenvalue weighted by Gasteiger charge is 2.46. The highest BCUT2D eigenvalue weighted by molar-refractivity contribution is 5.62. The average molecular weight is 494 g/mol. The average Bonchev–Trinajstić information content (AvgIpc) is 3.78. The van der Waals surface area contributed by atoms with Gasteiger partial charge in [0.15, 0.2) is 0 Å². The Hall–Kier alpha value is -3.21. The maximum absolute atomic E-state index is 13.8. The van der Waals surface area contributed by atoms with Gasteiger partial charge in [-0.1, -0.05) is 12.1 Å². The van der Waals surface area contributed by atoms with Crippen LogP contribution in [0.5, 0.6) is 0 Å². The predicted octanol–water partition coefficient (Wildman–Crippen LogP) is 4.35. The number of fused-ring (bicyclic) bond motifs is 2. The van der Waals surface area contributed by atoms with Crippen molar-refractivity contribution in [2.24, 2.45) is 0 Å². The molecular formula is C26H29F2N7O. The molecule has 1 unspecified atom stereocenters. The summed E-state index contributed by atoms with van der Waals surface area (Å²) in [5, 5.41) is 23.8. The van der Waals surface area contributed by atoms with E-state index in [1.54, 1.807) is 6.07 Å². The Morgan fingerprint density at radius 3 is 2.72 bits per heavy atom. The summed E-state index contributed by atoms with van der Waals surface area (Å²) in [4.78, 5) is 13.0. The van der Waals surface area contributed by atoms with Crippen LogP contribution in [0.15, 0.2) is 42.6 Å². The Bertz CT molecular complexity index is 1290. The van der Waals surface area contributed by atoms with Gasteiger partial charge in [-0.15, -0.1) is 0 Å². The van der Waals surface area contributed by atoms with E-state index in [0.29, 0.717) is 11.5 Å². The van der Waals surface area contributed by atoms with E-state index < -0.39 is 12.2 Å². The van der Waals surface area contributed by atoms with E-state index >= 15 is 0 Å². The Balaban J connectivity index is 1.29. The fraction of sp³-hybridized carbons (Fsp3) is 0.423. The first-order chi connectivity index (χ1) is 17.3. The topological polar surface area (TPSA) is 107 Å². The number of benzene rings is 1. The largest absolute Gasteiger partial charge is 0.374 e. The smallest absolute Gasteiger partial charge is 0.287 e. The second-order valence-corrected chi connectivity index (χ2v) is 10.0. The van der Waals surface area contributed by atoms with E-state index in [1.807, 2.05) is 6.07 Å². The SMILES string of the molecule is CC(F)(F)c1cccc(Nc2nc(Nc3ccc4c(c3)CCNC43CC3)ncc2C(O)NC2CC2)n1. The molecule has 0 bridgehead atoms. The van der Waals surface area contributed by atoms with Crippen molar-refractivity contribution in [3.8, 4) is 0 Å². The molecule has 6 rings (SSSR count). The fourth-order valence-electron chi connectivity index (χ4n) is 4.76. The molecule has 1 atom stereocenters. The maximum atomic E-state index is 13.8. The van der Waals surface area contributed by atoms with Crippen molar-refractivity contribution in [2.45, 2.75) is 62.8 Å². The highest BCUT2D eigenvalue weighted by Crippen LogP contribution is 2.49. The zero-order valence-electron chi connectivity index (χ0n) is 20.0. The Morgan fingerprint density at radius 1 is 1.14 bits per heavy atom. The van der Waals surface area contributed by atoms with Gasteiger partial charge in [0, 0.05) is 36.9 Å². The molecule has 0 amide bonds. The van der Waals surface area contributed by atoms with Crippen molar-refractivity contribution in [3.63, 3.8) is 0 Å². The zero-order valence-corrected chi connectivity index (χ0v) is 20.0. The summed E-state index contributed by atoms with van der Waals surface area (Å²) in [5.41, 5.74) is 3.77. The first-order valence-corrected chi connectivity index (χ1v) is 12.4. The molecule has 1 aliphatic heterocycles. The van der Waals surface area contributed by atoms with Crippen LogP contribution in [0, 0.1) is 0 Å². The van der Waals surface area contributed by atoms with Crippen molar-refractivity contribution >= 4 is 23.3 Å². The van der Waals surface area contributed by atoms with E-state index in [0.717, 1.165) is 38.4 Å². The van der Waals surface area contributed by atoms with Crippen molar-refractivity contribution in [1.82, 2.24) is 25.6 Å². The summed E-state index contributed by atoms with van der Waals surface area (Å²) in [5.74, 6) is -2.26. The van der Waals surface area contributed by atoms with E-state index in [9.17, 15) is 13.9 Å². The lowest BCUT2D eigenvalue weighted by Gasteiger charge is -2.27. The van der Waals surface area contributed by atoms with Crippen LogP contribution in [0.25, 0.3) is 0 Å². The number of alkyl halides is 2. The minimum atomic E-state index is -3.08. The number of anilines is 4. The van der Waals surface area contributed by atoms with Crippen LogP contribution in [0.2, 0.25) is 0 Å². The van der Waals surface area contributed by atoms with Gasteiger partial charge in [0.25, 0.3) is 5.92 Å². The van der Waals surface area contributed by atoms with Gasteiger partial charge >= 0.3 is 0 Å². The number of rotatable bonds is 8. The summed E-state index contributed by atoms with van der Waals surface area (Å²) in [6.45, 7) is 1.77. The molecule has 2 aromatic heterocycles. The molecular weight excluding hydrogens is 464 g/mol. The number of nitrogens with zero attached hydrogens (tertiary/aromatic N) is 3. The van der Waals surface area contributed by atoms with Crippen LogP contribution in [0.1, 0.15) is 61.2 Å². The minimum absolute atomic E-state index is 0.156. The molecule has 8 nitrogen and oxygen atoms in total. The Labute approximate surface area is 208 Å². The number of aromatic nitrogens is 3. The van der Waals surface area contributed by atoms with Gasteiger partial charge in [-0.05, 0) is 67.5 Å². The summed E-state index contributed by atoms with van der Waals surface area (Å²) < 4.78 is 27.7. The molecule has 0 radical (unpaired) electrons. The summed E-state index contributed by atoms with van der Waals surface area (Å²) >= 11 is 0. The zero-order chi connectivity index (χ0) is 24.9. The third kappa shape index (κ3) is 4.76. The molecule has 3 aliphatic rings. The molecule has 188 valence electrons. The normalized spacial score (nSPS) is 19.0. The lowest BCUT2D eigenvalue weighted by atomic mass is 9.92. The lowest BCUT2D eigenvalue weighted by molar-refractivity contribution is 0.0129. The quantitative estimate of drug-likeness (QED) is 0.295. The van der Waals surface area contributed by atoms with E-state index in [-0.39, 0.29) is 28.9 Å². The van der Waals surface area contributed by atoms with Gasteiger partial charge in [-0.25, -0.2) is 9.97 Å². The summed E-state index contributed by atoms with van der Waals surface area (Å²) in [6, 6.07) is 10.9. The van der Waals surface area contributed by atoms with Gasteiger partial charge in [0.05, 0.1) is 5.56 Å². The molecule has 3 aromatic rings. The number of hydrogen-bond acceptors (Lipinski definition) is 8. The molecule has 2 aliphatic carbocycles. The van der Waals surface area contributed by atoms with Crippen molar-refractivity contribution in [1.29, 1.82) is 0 Å². The summed E-state index contributed by atoms with van der Waals surface area (Å²) in [6.07, 6.45) is 5.82. The monoisotopic (exact) mass is 493 g/mol. The second-order valence-electron chi connectivity index (χ2n) is 10.0. The van der Waals surface area contributed by atoms with Gasteiger partial charge < -0.3 is 21.1 Å². The van der Waals surface area contributed by atoms with E-state index in [4.69, 9.17) is 0 Å². The van der Waals surface area contributed by atoms with Gasteiger partial charge in [0.1, 0.15) is 23.6 Å². The lowest BCUT2D eigenvalue weighted by Crippen LogP contribution is -2.36. The predicted molar refractivity (Wildman–Crippen MR) is 133 cm³/mol. The van der Waals surface area contributed by atoms with Crippen LogP contribution in [-0.2, 0) is 17.9 Å². The van der Waals surface area contributed by atoms with Crippen LogP contribution in [0.4, 0.5) is 32.1 Å². The van der Waals surface area contributed by atoms with Crippen molar-refractivity contribution < 1.29 is 13.9 Å². The first kappa shape index (κ1) is 23.2. The molecule has 2 saturated carbocycles. The van der Waals surface area contributed by atoms with Gasteiger partial charge in [-0.2, -0.15) is 13.8 Å². The third-order valence-electron chi connectivity index (χ3n) is 7.01. The molecule has 0 saturated heterocycles. The highest BCUT2D eigenvalue weighted by atomic mass is 19.3. The number of aliphatic hydroxyl groups is 1. The van der Waals surface area contributed by atoms with Crippen LogP contribution in [0.3, 0.4) is 0 Å². The molecule has 5 N–H and O–H groups in total. The molecule has 3 heterocycles. The molecule has 2 fully saturated rings. The van der Waals surface area contributed by atoms with Crippen LogP contribution < -0.4 is 21.3 Å². The van der Waals surface area contributed by atoms with Crippen molar-refractivity contribution in [2.75, 3.05) is 17.2 Å². The summed E-state index contributed by atoms with van der Waals surface area (Å²) in [7, 11) is 0. The number of pyridine rings is 1. The molecule has 36 heavy (non-hydrogen) atoms. The van der Waals surface area contributed by atoms with E-state index in [2.05, 4.69) is 48.4 Å². The molecule has 1 aromatic carbocycles. The number of aliphatic hydroxyl groups excluding tert-OH is 1. The second kappa shape index (κ2) is 8.72. The third-order valence-corrected chi connectivity index (χ3v) is 7.01. The standard InChI is InChI=1S/C26H29F2N7O/c1-25(27,28)20-3-2-4-21(33-20)34-22-18(23(36)31-16-5-6-16)14-29-24(35-22)32-17-7-8-19-15(13-17)9-12-30-26(19)10-11-26/h2-4,7-8,13-14,16,23,30-31,36H,5-6,9-12H2,1H3,(H2,29,32,33,34,35). The fourth-order valence-corrected chi connectivity index (χ4v) is 4.76. The minimum Gasteiger partial charge on any atom is -0.374 e. The Kier molecular flexibility index (Phi) is 5.62. The number of hydrogen-bond donors (Lipinski definition) is 5. The number of nitrogens with one attached hydrogen (secondary N) is 4. The molecule has 10 heteroatoms. The molecule has 1 spiro atoms. The van der Waals surface area contributed by atoms with Gasteiger partial charge in [-0.3, -0.25) is 5.32 Å². The van der Waals surface area contributed by atoms with Gasteiger partial charge in [0.2, 0.25) is 5.95 Å².